The molecule has 0 aliphatic carbocycles. The lowest BCUT2D eigenvalue weighted by Gasteiger charge is -2.09. The van der Waals surface area contributed by atoms with Gasteiger partial charge in [-0.25, -0.2) is 13.4 Å². The van der Waals surface area contributed by atoms with Crippen molar-refractivity contribution in [2.24, 2.45) is 0 Å². The number of fused-ring (bicyclic) bond motifs is 6. The van der Waals surface area contributed by atoms with Gasteiger partial charge in [-0.05, 0) is 18.2 Å². The van der Waals surface area contributed by atoms with Crippen molar-refractivity contribution < 1.29 is 13.2 Å². The molecule has 24 heavy (non-hydrogen) atoms. The molecule has 7 nitrogen and oxygen atoms in total. The third-order valence-electron chi connectivity index (χ3n) is 4.69. The average Bonchev–Trinajstić information content (AvgIpc) is 3.14. The Morgan fingerprint density at radius 3 is 3.00 bits per heavy atom. The first-order chi connectivity index (χ1) is 11.5. The van der Waals surface area contributed by atoms with Crippen LogP contribution in [0.4, 0.5) is 0 Å². The molecule has 0 spiro atoms. The van der Waals surface area contributed by atoms with Gasteiger partial charge < -0.3 is 9.72 Å². The molecule has 1 saturated heterocycles. The average molecular weight is 363 g/mol. The third kappa shape index (κ3) is 1.82. The van der Waals surface area contributed by atoms with Gasteiger partial charge in [0.05, 0.1) is 24.7 Å². The summed E-state index contributed by atoms with van der Waals surface area (Å²) in [5, 5.41) is 1.30. The van der Waals surface area contributed by atoms with Crippen molar-refractivity contribution in [2.45, 2.75) is 16.4 Å². The highest BCUT2D eigenvalue weighted by molar-refractivity contribution is 8.02. The monoisotopic (exact) mass is 363 g/mol. The number of nitrogens with one attached hydrogen (secondary N) is 1. The molecule has 1 aromatic carbocycles. The number of thioether (sulfide) groups is 1. The molecular formula is C15H13N3O4S2. The fourth-order valence-corrected chi connectivity index (χ4v) is 7.47. The quantitative estimate of drug-likeness (QED) is 0.656. The molecule has 2 aromatic heterocycles. The molecule has 1 fully saturated rings. The Labute approximate surface area is 140 Å². The van der Waals surface area contributed by atoms with Crippen molar-refractivity contribution in [1.29, 1.82) is 0 Å². The fourth-order valence-electron chi connectivity index (χ4n) is 3.57. The van der Waals surface area contributed by atoms with Crippen LogP contribution >= 0.6 is 11.8 Å². The van der Waals surface area contributed by atoms with Crippen LogP contribution in [-0.4, -0.2) is 46.8 Å². The topological polar surface area (TPSA) is 94.1 Å². The number of H-pyrrole nitrogens is 1. The highest BCUT2D eigenvalue weighted by Crippen LogP contribution is 2.44. The van der Waals surface area contributed by atoms with E-state index in [-0.39, 0.29) is 28.4 Å². The molecule has 0 unspecified atom stereocenters. The predicted octanol–water partition coefficient (Wildman–Crippen LogP) is 1.33. The lowest BCUT2D eigenvalue weighted by Crippen LogP contribution is -2.27. The van der Waals surface area contributed by atoms with Gasteiger partial charge in [-0.3, -0.25) is 9.36 Å². The molecule has 3 aromatic rings. The highest BCUT2D eigenvalue weighted by Gasteiger charge is 2.46. The maximum Gasteiger partial charge on any atom is 0.278 e. The summed E-state index contributed by atoms with van der Waals surface area (Å²) >= 11 is 1.39. The van der Waals surface area contributed by atoms with E-state index in [0.717, 1.165) is 10.9 Å². The molecular weight excluding hydrogens is 350 g/mol. The zero-order valence-corrected chi connectivity index (χ0v) is 14.3. The van der Waals surface area contributed by atoms with Gasteiger partial charge in [0.25, 0.3) is 5.56 Å². The number of hydrogen-bond donors (Lipinski definition) is 1. The maximum atomic E-state index is 13.0. The Balaban J connectivity index is 1.80. The van der Waals surface area contributed by atoms with Gasteiger partial charge in [0.2, 0.25) is 0 Å². The summed E-state index contributed by atoms with van der Waals surface area (Å²) < 4.78 is 30.5. The molecule has 9 heteroatoms. The molecule has 2 atom stereocenters. The largest absolute Gasteiger partial charge is 0.497 e. The number of aromatic nitrogens is 3. The Morgan fingerprint density at radius 2 is 2.21 bits per heavy atom. The minimum Gasteiger partial charge on any atom is -0.497 e. The second-order valence-electron chi connectivity index (χ2n) is 6.13. The fraction of sp³-hybridized carbons (Fsp3) is 0.333. The zero-order valence-electron chi connectivity index (χ0n) is 12.6. The van der Waals surface area contributed by atoms with Crippen LogP contribution in [0.25, 0.3) is 21.9 Å². The van der Waals surface area contributed by atoms with Crippen LogP contribution in [0.2, 0.25) is 0 Å². The summed E-state index contributed by atoms with van der Waals surface area (Å²) in [6.07, 6.45) is 0. The van der Waals surface area contributed by atoms with E-state index in [1.807, 2.05) is 18.2 Å². The number of methoxy groups -OCH3 is 1. The van der Waals surface area contributed by atoms with E-state index >= 15 is 0 Å². The van der Waals surface area contributed by atoms with Gasteiger partial charge in [0.15, 0.2) is 15.0 Å². The van der Waals surface area contributed by atoms with E-state index in [9.17, 15) is 13.2 Å². The van der Waals surface area contributed by atoms with Gasteiger partial charge in [-0.2, -0.15) is 0 Å². The van der Waals surface area contributed by atoms with Gasteiger partial charge in [0, 0.05) is 16.2 Å². The molecule has 0 amide bonds. The summed E-state index contributed by atoms with van der Waals surface area (Å²) in [6.45, 7) is 0. The molecule has 0 radical (unpaired) electrons. The van der Waals surface area contributed by atoms with E-state index in [4.69, 9.17) is 4.74 Å². The Kier molecular flexibility index (Phi) is 2.72. The summed E-state index contributed by atoms with van der Waals surface area (Å²) in [5.41, 5.74) is 1.62. The SMILES string of the molecule is COc1ccc2[nH]c3c(=O)n4c(nc3c2c1)S[C@@H]1CS(=O)(=O)C[C@@H]14. The van der Waals surface area contributed by atoms with Crippen molar-refractivity contribution in [1.82, 2.24) is 14.5 Å². The molecule has 2 aliphatic heterocycles. The van der Waals surface area contributed by atoms with E-state index in [0.29, 0.717) is 21.9 Å². The first-order valence-corrected chi connectivity index (χ1v) is 10.2. The lowest BCUT2D eigenvalue weighted by molar-refractivity contribution is 0.415. The van der Waals surface area contributed by atoms with Crippen LogP contribution in [0.15, 0.2) is 28.2 Å². The third-order valence-corrected chi connectivity index (χ3v) is 7.89. The first kappa shape index (κ1) is 14.4. The number of aromatic amines is 1. The van der Waals surface area contributed by atoms with E-state index in [1.165, 1.54) is 11.8 Å². The van der Waals surface area contributed by atoms with E-state index < -0.39 is 9.84 Å². The normalized spacial score (nSPS) is 24.4. The first-order valence-electron chi connectivity index (χ1n) is 7.46. The van der Waals surface area contributed by atoms with Crippen molar-refractivity contribution in [3.05, 3.63) is 28.6 Å². The number of sulfone groups is 1. The molecule has 0 saturated carbocycles. The number of nitrogens with zero attached hydrogens (tertiary/aromatic N) is 2. The second kappa shape index (κ2) is 4.54. The smallest absolute Gasteiger partial charge is 0.278 e. The summed E-state index contributed by atoms with van der Waals surface area (Å²) in [7, 11) is -1.50. The molecule has 4 heterocycles. The lowest BCUT2D eigenvalue weighted by atomic mass is 10.2. The van der Waals surface area contributed by atoms with Crippen molar-refractivity contribution in [2.75, 3.05) is 18.6 Å². The van der Waals surface area contributed by atoms with Crippen LogP contribution < -0.4 is 10.3 Å². The Bertz CT molecular complexity index is 1180. The van der Waals surface area contributed by atoms with E-state index in [2.05, 4.69) is 9.97 Å². The van der Waals surface area contributed by atoms with Crippen molar-refractivity contribution >= 4 is 43.5 Å². The van der Waals surface area contributed by atoms with Crippen molar-refractivity contribution in [3.8, 4) is 5.75 Å². The molecule has 124 valence electrons. The van der Waals surface area contributed by atoms with Crippen LogP contribution in [0.3, 0.4) is 0 Å². The Hall–Kier alpha value is -2.00. The molecule has 5 rings (SSSR count). The zero-order chi connectivity index (χ0) is 16.6. The van der Waals surface area contributed by atoms with Crippen LogP contribution in [0.5, 0.6) is 5.75 Å². The molecule has 1 N–H and O–H groups in total. The van der Waals surface area contributed by atoms with Gasteiger partial charge in [-0.15, -0.1) is 0 Å². The van der Waals surface area contributed by atoms with Crippen LogP contribution in [0, 0.1) is 0 Å². The molecule has 2 aliphatic rings. The van der Waals surface area contributed by atoms with Crippen LogP contribution in [-0.2, 0) is 9.84 Å². The number of hydrogen-bond acceptors (Lipinski definition) is 6. The highest BCUT2D eigenvalue weighted by atomic mass is 32.2. The maximum absolute atomic E-state index is 13.0. The van der Waals surface area contributed by atoms with Gasteiger partial charge in [-0.1, -0.05) is 11.8 Å². The second-order valence-corrected chi connectivity index (χ2v) is 9.49. The van der Waals surface area contributed by atoms with Crippen molar-refractivity contribution in [3.63, 3.8) is 0 Å². The summed E-state index contributed by atoms with van der Waals surface area (Å²) in [4.78, 5) is 20.7. The predicted molar refractivity (Wildman–Crippen MR) is 91.7 cm³/mol. The summed E-state index contributed by atoms with van der Waals surface area (Å²) in [6, 6.07) is 5.20. The summed E-state index contributed by atoms with van der Waals surface area (Å²) in [5.74, 6) is 0.813. The Morgan fingerprint density at radius 1 is 1.38 bits per heavy atom. The number of benzene rings is 1. The van der Waals surface area contributed by atoms with Crippen LogP contribution in [0.1, 0.15) is 6.04 Å². The van der Waals surface area contributed by atoms with E-state index in [1.54, 1.807) is 11.7 Å². The van der Waals surface area contributed by atoms with Gasteiger partial charge in [0.1, 0.15) is 16.8 Å². The molecule has 0 bridgehead atoms. The minimum absolute atomic E-state index is 0.0127. The standard InChI is InChI=1S/C15H13N3O4S2/c1-22-7-2-3-9-8(4-7)12-13(16-9)14(19)18-10-5-24(20,21)6-11(10)23-15(18)17-12/h2-4,10-11,16H,5-6H2,1H3/t10-,11+/m0/s1. The van der Waals surface area contributed by atoms with Gasteiger partial charge >= 0.3 is 0 Å². The minimum atomic E-state index is -3.09. The number of ether oxygens (including phenoxy) is 1. The number of rotatable bonds is 1.